The van der Waals surface area contributed by atoms with Gasteiger partial charge in [-0.15, -0.1) is 0 Å². The number of ether oxygens (including phenoxy) is 3. The van der Waals surface area contributed by atoms with Gasteiger partial charge in [-0.1, -0.05) is 254 Å². The van der Waals surface area contributed by atoms with Crippen LogP contribution < -0.4 is 0 Å². The Balaban J connectivity index is 4.31. The molecule has 0 fully saturated rings. The average Bonchev–Trinajstić information content (AvgIpc) is 3.34. The predicted molar refractivity (Wildman–Crippen MR) is 293 cm³/mol. The zero-order chi connectivity index (χ0) is 49.3. The van der Waals surface area contributed by atoms with Crippen molar-refractivity contribution in [3.8, 4) is 0 Å². The molecule has 0 aromatic carbocycles. The summed E-state index contributed by atoms with van der Waals surface area (Å²) < 4.78 is 16.9. The summed E-state index contributed by atoms with van der Waals surface area (Å²) >= 11 is 0. The minimum atomic E-state index is -0.781. The summed E-state index contributed by atoms with van der Waals surface area (Å²) in [6.07, 6.45) is 71.8. The van der Waals surface area contributed by atoms with Crippen LogP contribution in [0.15, 0.2) is 72.9 Å². The first-order chi connectivity index (χ1) is 33.5. The van der Waals surface area contributed by atoms with Gasteiger partial charge in [0.05, 0.1) is 0 Å². The van der Waals surface area contributed by atoms with Gasteiger partial charge in [0.2, 0.25) is 0 Å². The normalized spacial score (nSPS) is 12.6. The molecular formula is C62H108O6. The SMILES string of the molecule is CC/C=C\C/C=C\C/C=C\C/C=C\CCCCCCCCCCCCC(=O)OCC(COC(=O)CCCCCCC/C=C\C/C=C\CCC)OC(=O)CCCCCCCCCCCCCCCC. The van der Waals surface area contributed by atoms with E-state index < -0.39 is 6.10 Å². The summed E-state index contributed by atoms with van der Waals surface area (Å²) in [4.78, 5) is 38.1. The lowest BCUT2D eigenvalue weighted by atomic mass is 10.0. The molecular weight excluding hydrogens is 841 g/mol. The van der Waals surface area contributed by atoms with Crippen LogP contribution in [0.2, 0.25) is 0 Å². The number of rotatable bonds is 52. The first-order valence-corrected chi connectivity index (χ1v) is 28.9. The topological polar surface area (TPSA) is 78.9 Å². The lowest BCUT2D eigenvalue weighted by Crippen LogP contribution is -2.30. The molecule has 68 heavy (non-hydrogen) atoms. The summed E-state index contributed by atoms with van der Waals surface area (Å²) in [5.74, 6) is -0.888. The van der Waals surface area contributed by atoms with Crippen LogP contribution in [0.5, 0.6) is 0 Å². The number of carbonyl (C=O) groups is 3. The standard InChI is InChI=1S/C62H108O6/c1-4-7-10-13-16-19-22-25-27-28-29-30-31-32-33-34-35-38-40-43-46-49-52-55-61(64)67-58-59(57-66-60(63)54-51-48-45-42-39-36-24-21-18-15-12-9-6-3)68-62(65)56-53-50-47-44-41-37-26-23-20-17-14-11-8-5-2/h7,10,12,15-16,19,21,24-25,27,29-30,59H,4-6,8-9,11,13-14,17-18,20,22-23,26,28,31-58H2,1-3H3/b10-7-,15-12-,19-16-,24-21-,27-25-,30-29-. The molecule has 0 spiro atoms. The summed E-state index contributed by atoms with van der Waals surface area (Å²) in [6.45, 7) is 6.47. The summed E-state index contributed by atoms with van der Waals surface area (Å²) in [5, 5.41) is 0. The number of allylic oxidation sites excluding steroid dienone is 12. The second-order valence-electron chi connectivity index (χ2n) is 19.2. The van der Waals surface area contributed by atoms with Crippen LogP contribution >= 0.6 is 0 Å². The maximum absolute atomic E-state index is 12.8. The van der Waals surface area contributed by atoms with Gasteiger partial charge in [0.25, 0.3) is 0 Å². The number of hydrogen-bond donors (Lipinski definition) is 0. The largest absolute Gasteiger partial charge is 0.462 e. The van der Waals surface area contributed by atoms with Crippen LogP contribution in [-0.4, -0.2) is 37.2 Å². The van der Waals surface area contributed by atoms with Crippen LogP contribution in [0.1, 0.15) is 284 Å². The van der Waals surface area contributed by atoms with Gasteiger partial charge in [-0.05, 0) is 83.5 Å². The Hall–Kier alpha value is -3.15. The van der Waals surface area contributed by atoms with E-state index in [1.165, 1.54) is 135 Å². The highest BCUT2D eigenvalue weighted by molar-refractivity contribution is 5.71. The Morgan fingerprint density at radius 3 is 0.956 bits per heavy atom. The third-order valence-corrected chi connectivity index (χ3v) is 12.4. The lowest BCUT2D eigenvalue weighted by molar-refractivity contribution is -0.167. The van der Waals surface area contributed by atoms with Crippen LogP contribution in [0.3, 0.4) is 0 Å². The van der Waals surface area contributed by atoms with Crippen molar-refractivity contribution in [1.29, 1.82) is 0 Å². The van der Waals surface area contributed by atoms with Crippen molar-refractivity contribution in [2.75, 3.05) is 13.2 Å². The van der Waals surface area contributed by atoms with Crippen molar-refractivity contribution < 1.29 is 28.6 Å². The number of carbonyl (C=O) groups excluding carboxylic acids is 3. The van der Waals surface area contributed by atoms with Crippen molar-refractivity contribution in [1.82, 2.24) is 0 Å². The van der Waals surface area contributed by atoms with E-state index in [1.807, 2.05) is 0 Å². The van der Waals surface area contributed by atoms with Crippen molar-refractivity contribution in [2.24, 2.45) is 0 Å². The molecule has 0 aromatic heterocycles. The first kappa shape index (κ1) is 64.8. The molecule has 0 saturated heterocycles. The fraction of sp³-hybridized carbons (Fsp3) is 0.758. The monoisotopic (exact) mass is 949 g/mol. The minimum absolute atomic E-state index is 0.0799. The second kappa shape index (κ2) is 56.4. The van der Waals surface area contributed by atoms with E-state index in [0.29, 0.717) is 19.3 Å². The van der Waals surface area contributed by atoms with Gasteiger partial charge in [-0.25, -0.2) is 0 Å². The Labute approximate surface area is 421 Å². The van der Waals surface area contributed by atoms with Crippen molar-refractivity contribution in [3.63, 3.8) is 0 Å². The highest BCUT2D eigenvalue weighted by atomic mass is 16.6. The van der Waals surface area contributed by atoms with Gasteiger partial charge in [0, 0.05) is 19.3 Å². The fourth-order valence-corrected chi connectivity index (χ4v) is 8.12. The number of unbranched alkanes of at least 4 members (excludes halogenated alkanes) is 29. The molecule has 1 unspecified atom stereocenters. The summed E-state index contributed by atoms with van der Waals surface area (Å²) in [7, 11) is 0. The summed E-state index contributed by atoms with van der Waals surface area (Å²) in [6, 6.07) is 0. The van der Waals surface area contributed by atoms with E-state index in [0.717, 1.165) is 109 Å². The molecule has 0 bridgehead atoms. The van der Waals surface area contributed by atoms with E-state index in [-0.39, 0.29) is 31.1 Å². The average molecular weight is 950 g/mol. The Bertz CT molecular complexity index is 1270. The van der Waals surface area contributed by atoms with E-state index >= 15 is 0 Å². The molecule has 0 N–H and O–H groups in total. The zero-order valence-electron chi connectivity index (χ0n) is 44.9. The summed E-state index contributed by atoms with van der Waals surface area (Å²) in [5.41, 5.74) is 0. The van der Waals surface area contributed by atoms with E-state index in [4.69, 9.17) is 14.2 Å². The molecule has 0 saturated carbocycles. The van der Waals surface area contributed by atoms with Crippen LogP contribution in [-0.2, 0) is 28.6 Å². The minimum Gasteiger partial charge on any atom is -0.462 e. The highest BCUT2D eigenvalue weighted by Gasteiger charge is 2.19. The molecule has 392 valence electrons. The quantitative estimate of drug-likeness (QED) is 0.0262. The van der Waals surface area contributed by atoms with Crippen molar-refractivity contribution >= 4 is 17.9 Å². The van der Waals surface area contributed by atoms with E-state index in [2.05, 4.69) is 93.7 Å². The van der Waals surface area contributed by atoms with E-state index in [1.54, 1.807) is 0 Å². The molecule has 0 heterocycles. The Morgan fingerprint density at radius 2 is 0.603 bits per heavy atom. The van der Waals surface area contributed by atoms with Crippen molar-refractivity contribution in [2.45, 2.75) is 290 Å². The molecule has 6 heteroatoms. The molecule has 0 rings (SSSR count). The van der Waals surface area contributed by atoms with Crippen LogP contribution in [0, 0.1) is 0 Å². The lowest BCUT2D eigenvalue weighted by Gasteiger charge is -2.18. The molecule has 1 atom stereocenters. The van der Waals surface area contributed by atoms with Crippen LogP contribution in [0.25, 0.3) is 0 Å². The maximum atomic E-state index is 12.8. The Morgan fingerprint density at radius 1 is 0.309 bits per heavy atom. The Kier molecular flexibility index (Phi) is 53.8. The fourth-order valence-electron chi connectivity index (χ4n) is 8.12. The van der Waals surface area contributed by atoms with Gasteiger partial charge < -0.3 is 14.2 Å². The zero-order valence-corrected chi connectivity index (χ0v) is 44.9. The second-order valence-corrected chi connectivity index (χ2v) is 19.2. The first-order valence-electron chi connectivity index (χ1n) is 28.9. The highest BCUT2D eigenvalue weighted by Crippen LogP contribution is 2.16. The maximum Gasteiger partial charge on any atom is 0.306 e. The molecule has 0 aromatic rings. The van der Waals surface area contributed by atoms with Gasteiger partial charge in [0.15, 0.2) is 6.10 Å². The van der Waals surface area contributed by atoms with Crippen molar-refractivity contribution in [3.05, 3.63) is 72.9 Å². The molecule has 0 amide bonds. The van der Waals surface area contributed by atoms with Gasteiger partial charge in [0.1, 0.15) is 13.2 Å². The van der Waals surface area contributed by atoms with E-state index in [9.17, 15) is 14.4 Å². The van der Waals surface area contributed by atoms with Gasteiger partial charge in [-0.2, -0.15) is 0 Å². The van der Waals surface area contributed by atoms with Crippen LogP contribution in [0.4, 0.5) is 0 Å². The molecule has 0 aliphatic carbocycles. The molecule has 0 aliphatic heterocycles. The molecule has 0 radical (unpaired) electrons. The molecule has 0 aliphatic rings. The smallest absolute Gasteiger partial charge is 0.306 e. The number of esters is 3. The predicted octanol–water partition coefficient (Wildman–Crippen LogP) is 19.4. The molecule has 6 nitrogen and oxygen atoms in total. The number of hydrogen-bond acceptors (Lipinski definition) is 6. The third-order valence-electron chi connectivity index (χ3n) is 12.4. The van der Waals surface area contributed by atoms with Gasteiger partial charge >= 0.3 is 17.9 Å². The third kappa shape index (κ3) is 53.8. The van der Waals surface area contributed by atoms with Gasteiger partial charge in [-0.3, -0.25) is 14.4 Å².